The van der Waals surface area contributed by atoms with E-state index in [-0.39, 0.29) is 5.91 Å². The van der Waals surface area contributed by atoms with E-state index >= 15 is 0 Å². The Labute approximate surface area is 150 Å². The Bertz CT molecular complexity index is 1020. The largest absolute Gasteiger partial charge is 0.465 e. The third kappa shape index (κ3) is 2.73. The van der Waals surface area contributed by atoms with E-state index < -0.39 is 5.97 Å². The average Bonchev–Trinajstić information content (AvgIpc) is 3.05. The highest BCUT2D eigenvalue weighted by molar-refractivity contribution is 6.02. The molecule has 0 bridgehead atoms. The van der Waals surface area contributed by atoms with E-state index in [4.69, 9.17) is 9.15 Å². The highest BCUT2D eigenvalue weighted by Gasteiger charge is 2.25. The number of aryl methyl sites for hydroxylation is 1. The zero-order valence-corrected chi connectivity index (χ0v) is 14.6. The summed E-state index contributed by atoms with van der Waals surface area (Å²) < 4.78 is 10.8. The van der Waals surface area contributed by atoms with Crippen molar-refractivity contribution >= 4 is 22.8 Å². The molecule has 0 N–H and O–H groups in total. The fourth-order valence-electron chi connectivity index (χ4n) is 3.40. The first-order valence-corrected chi connectivity index (χ1v) is 8.40. The van der Waals surface area contributed by atoms with Crippen molar-refractivity contribution in [3.8, 4) is 0 Å². The Morgan fingerprint density at radius 3 is 3.00 bits per heavy atom. The number of methoxy groups -OCH3 is 1. The number of carbonyl (C=O) groups excluding carboxylic acids is 2. The lowest BCUT2D eigenvalue weighted by Gasteiger charge is -2.27. The van der Waals surface area contributed by atoms with Gasteiger partial charge < -0.3 is 14.1 Å². The van der Waals surface area contributed by atoms with Crippen molar-refractivity contribution in [2.75, 3.05) is 13.7 Å². The minimum absolute atomic E-state index is 0.0517. The van der Waals surface area contributed by atoms with E-state index in [1.165, 1.54) is 7.11 Å². The molecular formula is C20H18N2O4. The van der Waals surface area contributed by atoms with E-state index in [0.29, 0.717) is 35.6 Å². The maximum atomic E-state index is 12.7. The highest BCUT2D eigenvalue weighted by Crippen LogP contribution is 2.27. The van der Waals surface area contributed by atoms with Crippen molar-refractivity contribution in [2.24, 2.45) is 0 Å². The quantitative estimate of drug-likeness (QED) is 0.679. The molecule has 3 heterocycles. The first-order valence-electron chi connectivity index (χ1n) is 8.40. The standard InChI is InChI=1S/C20H18N2O4/c1-12-7-14-9-15(26-18(14)16(8-12)20(24)25-2)11-22-6-4-13-3-5-21-10-17(13)19(22)23/h3,5,7-10H,4,6,11H2,1-2H3. The van der Waals surface area contributed by atoms with Crippen LogP contribution in [0.2, 0.25) is 0 Å². The number of hydrogen-bond donors (Lipinski definition) is 0. The van der Waals surface area contributed by atoms with E-state index in [1.807, 2.05) is 25.1 Å². The predicted octanol–water partition coefficient (Wildman–Crippen LogP) is 3.12. The van der Waals surface area contributed by atoms with Gasteiger partial charge in [0, 0.05) is 24.3 Å². The Kier molecular flexibility index (Phi) is 3.95. The lowest BCUT2D eigenvalue weighted by molar-refractivity contribution is 0.0600. The summed E-state index contributed by atoms with van der Waals surface area (Å²) in [5.41, 5.74) is 3.49. The number of fused-ring (bicyclic) bond motifs is 2. The molecule has 0 radical (unpaired) electrons. The molecule has 6 heteroatoms. The van der Waals surface area contributed by atoms with Gasteiger partial charge in [0.1, 0.15) is 16.9 Å². The fourth-order valence-corrected chi connectivity index (χ4v) is 3.40. The molecule has 26 heavy (non-hydrogen) atoms. The molecule has 0 saturated carbocycles. The van der Waals surface area contributed by atoms with Crippen LogP contribution < -0.4 is 0 Å². The molecule has 0 fully saturated rings. The number of pyridine rings is 1. The highest BCUT2D eigenvalue weighted by atomic mass is 16.5. The molecule has 4 rings (SSSR count). The Morgan fingerprint density at radius 1 is 1.35 bits per heavy atom. The van der Waals surface area contributed by atoms with Gasteiger partial charge in [-0.2, -0.15) is 0 Å². The number of benzene rings is 1. The number of furan rings is 1. The summed E-state index contributed by atoms with van der Waals surface area (Å²) >= 11 is 0. The summed E-state index contributed by atoms with van der Waals surface area (Å²) in [4.78, 5) is 30.5. The number of esters is 1. The third-order valence-electron chi connectivity index (χ3n) is 4.64. The normalized spacial score (nSPS) is 13.8. The number of nitrogens with zero attached hydrogens (tertiary/aromatic N) is 2. The summed E-state index contributed by atoms with van der Waals surface area (Å²) in [6, 6.07) is 7.46. The van der Waals surface area contributed by atoms with Crippen molar-refractivity contribution in [3.05, 3.63) is 64.7 Å². The molecule has 2 aromatic heterocycles. The van der Waals surface area contributed by atoms with Crippen LogP contribution in [0.5, 0.6) is 0 Å². The second kappa shape index (κ2) is 6.29. The lowest BCUT2D eigenvalue weighted by Crippen LogP contribution is -2.37. The van der Waals surface area contributed by atoms with Crippen LogP contribution in [0.4, 0.5) is 0 Å². The topological polar surface area (TPSA) is 72.6 Å². The van der Waals surface area contributed by atoms with Gasteiger partial charge in [-0.15, -0.1) is 0 Å². The van der Waals surface area contributed by atoms with Crippen LogP contribution in [-0.2, 0) is 17.7 Å². The Hall–Kier alpha value is -3.15. The summed E-state index contributed by atoms with van der Waals surface area (Å²) in [5.74, 6) is 0.147. The predicted molar refractivity (Wildman–Crippen MR) is 95.0 cm³/mol. The molecule has 1 aromatic carbocycles. The second-order valence-electron chi connectivity index (χ2n) is 6.44. The van der Waals surface area contributed by atoms with Gasteiger partial charge >= 0.3 is 5.97 Å². The minimum Gasteiger partial charge on any atom is -0.465 e. The van der Waals surface area contributed by atoms with Gasteiger partial charge in [0.2, 0.25) is 0 Å². The van der Waals surface area contributed by atoms with Crippen LogP contribution in [-0.4, -0.2) is 35.4 Å². The van der Waals surface area contributed by atoms with Gasteiger partial charge in [-0.1, -0.05) is 0 Å². The Morgan fingerprint density at radius 2 is 2.19 bits per heavy atom. The number of aromatic nitrogens is 1. The molecule has 3 aromatic rings. The van der Waals surface area contributed by atoms with Crippen molar-refractivity contribution in [2.45, 2.75) is 19.9 Å². The molecule has 6 nitrogen and oxygen atoms in total. The third-order valence-corrected chi connectivity index (χ3v) is 4.64. The molecule has 1 aliphatic rings. The molecule has 0 atom stereocenters. The molecule has 1 amide bonds. The SMILES string of the molecule is COC(=O)c1cc(C)cc2cc(CN3CCc4ccncc4C3=O)oc12. The van der Waals surface area contributed by atoms with Gasteiger partial charge in [0.05, 0.1) is 19.2 Å². The van der Waals surface area contributed by atoms with Crippen molar-refractivity contribution in [1.29, 1.82) is 0 Å². The molecular weight excluding hydrogens is 332 g/mol. The minimum atomic E-state index is -0.436. The number of rotatable bonds is 3. The maximum Gasteiger partial charge on any atom is 0.341 e. The maximum absolute atomic E-state index is 12.7. The van der Waals surface area contributed by atoms with E-state index in [9.17, 15) is 9.59 Å². The van der Waals surface area contributed by atoms with Crippen molar-refractivity contribution < 1.29 is 18.7 Å². The summed E-state index contributed by atoms with van der Waals surface area (Å²) in [5, 5.41) is 0.826. The van der Waals surface area contributed by atoms with E-state index in [1.54, 1.807) is 23.4 Å². The number of ether oxygens (including phenoxy) is 1. The molecule has 0 saturated heterocycles. The zero-order chi connectivity index (χ0) is 18.3. The summed E-state index contributed by atoms with van der Waals surface area (Å²) in [6.45, 7) is 2.88. The Balaban J connectivity index is 1.66. The van der Waals surface area contributed by atoms with E-state index in [0.717, 1.165) is 22.9 Å². The van der Waals surface area contributed by atoms with Gasteiger partial charge in [-0.05, 0) is 48.7 Å². The fraction of sp³-hybridized carbons (Fsp3) is 0.250. The van der Waals surface area contributed by atoms with E-state index in [2.05, 4.69) is 4.98 Å². The van der Waals surface area contributed by atoms with Crippen LogP contribution in [0.15, 0.2) is 41.1 Å². The summed E-state index contributed by atoms with van der Waals surface area (Å²) in [6.07, 6.45) is 4.11. The molecule has 132 valence electrons. The van der Waals surface area contributed by atoms with Gasteiger partial charge in [0.15, 0.2) is 0 Å². The monoisotopic (exact) mass is 350 g/mol. The second-order valence-corrected chi connectivity index (χ2v) is 6.44. The van der Waals surface area contributed by atoms with Crippen LogP contribution >= 0.6 is 0 Å². The van der Waals surface area contributed by atoms with Gasteiger partial charge in [-0.25, -0.2) is 4.79 Å². The smallest absolute Gasteiger partial charge is 0.341 e. The van der Waals surface area contributed by atoms with Gasteiger partial charge in [-0.3, -0.25) is 9.78 Å². The summed E-state index contributed by atoms with van der Waals surface area (Å²) in [7, 11) is 1.35. The zero-order valence-electron chi connectivity index (χ0n) is 14.6. The van der Waals surface area contributed by atoms with Crippen molar-refractivity contribution in [3.63, 3.8) is 0 Å². The lowest BCUT2D eigenvalue weighted by atomic mass is 10.0. The number of hydrogen-bond acceptors (Lipinski definition) is 5. The molecule has 0 spiro atoms. The van der Waals surface area contributed by atoms with Gasteiger partial charge in [0.25, 0.3) is 5.91 Å². The first-order chi connectivity index (χ1) is 12.6. The molecule has 0 aliphatic carbocycles. The number of amides is 1. The van der Waals surface area contributed by atoms with Crippen LogP contribution in [0.25, 0.3) is 11.0 Å². The van der Waals surface area contributed by atoms with Crippen LogP contribution in [0, 0.1) is 6.92 Å². The molecule has 0 unspecified atom stereocenters. The molecule has 1 aliphatic heterocycles. The van der Waals surface area contributed by atoms with Crippen LogP contribution in [0.3, 0.4) is 0 Å². The number of carbonyl (C=O) groups is 2. The van der Waals surface area contributed by atoms with Crippen molar-refractivity contribution in [1.82, 2.24) is 9.88 Å². The average molecular weight is 350 g/mol. The first kappa shape index (κ1) is 16.3. The van der Waals surface area contributed by atoms with Crippen LogP contribution in [0.1, 0.15) is 37.6 Å².